The highest BCUT2D eigenvalue weighted by atomic mass is 16.2. The minimum absolute atomic E-state index is 0.225. The van der Waals surface area contributed by atoms with Crippen molar-refractivity contribution < 1.29 is 4.79 Å². The summed E-state index contributed by atoms with van der Waals surface area (Å²) in [6.07, 6.45) is 4.42. The van der Waals surface area contributed by atoms with Crippen LogP contribution in [-0.2, 0) is 19.4 Å². The molecule has 0 atom stereocenters. The summed E-state index contributed by atoms with van der Waals surface area (Å²) >= 11 is 0. The molecule has 2 N–H and O–H groups in total. The summed E-state index contributed by atoms with van der Waals surface area (Å²) in [7, 11) is 0. The van der Waals surface area contributed by atoms with Gasteiger partial charge >= 0.3 is 6.03 Å². The van der Waals surface area contributed by atoms with Gasteiger partial charge in [0.1, 0.15) is 5.82 Å². The van der Waals surface area contributed by atoms with Crippen molar-refractivity contribution in [3.63, 3.8) is 0 Å². The number of hydrogen-bond donors (Lipinski definition) is 2. The Hall–Kier alpha value is -3.08. The van der Waals surface area contributed by atoms with Crippen LogP contribution in [0.3, 0.4) is 0 Å². The van der Waals surface area contributed by atoms with Crippen molar-refractivity contribution in [2.45, 2.75) is 32.2 Å². The molecule has 5 nitrogen and oxygen atoms in total. The van der Waals surface area contributed by atoms with Crippen LogP contribution in [0.2, 0.25) is 0 Å². The average molecular weight is 346 g/mol. The first kappa shape index (κ1) is 16.4. The van der Waals surface area contributed by atoms with Crippen LogP contribution in [0.15, 0.2) is 60.7 Å². The van der Waals surface area contributed by atoms with Crippen LogP contribution in [0, 0.1) is 0 Å². The maximum Gasteiger partial charge on any atom is 0.319 e. The van der Waals surface area contributed by atoms with E-state index in [9.17, 15) is 4.79 Å². The molecule has 0 unspecified atom stereocenters. The van der Waals surface area contributed by atoms with Crippen molar-refractivity contribution in [1.29, 1.82) is 0 Å². The number of fused-ring (bicyclic) bond motifs is 1. The van der Waals surface area contributed by atoms with Crippen molar-refractivity contribution in [3.05, 3.63) is 77.9 Å². The lowest BCUT2D eigenvalue weighted by Gasteiger charge is -2.15. The molecule has 1 aliphatic carbocycles. The molecule has 0 bridgehead atoms. The van der Waals surface area contributed by atoms with E-state index in [4.69, 9.17) is 4.98 Å². The van der Waals surface area contributed by atoms with Gasteiger partial charge in [-0.05, 0) is 49.9 Å². The number of carbonyl (C=O) groups is 1. The summed E-state index contributed by atoms with van der Waals surface area (Å²) in [4.78, 5) is 17.0. The summed E-state index contributed by atoms with van der Waals surface area (Å²) in [5, 5.41) is 5.78. The quantitative estimate of drug-likeness (QED) is 0.748. The van der Waals surface area contributed by atoms with Crippen LogP contribution < -0.4 is 10.6 Å². The van der Waals surface area contributed by atoms with Gasteiger partial charge in [0.2, 0.25) is 0 Å². The third-order valence-electron chi connectivity index (χ3n) is 4.66. The summed E-state index contributed by atoms with van der Waals surface area (Å²) in [6, 6.07) is 19.5. The van der Waals surface area contributed by atoms with Gasteiger partial charge in [-0.1, -0.05) is 36.4 Å². The fraction of sp³-hybridized carbons (Fsp3) is 0.238. The maximum absolute atomic E-state index is 12.2. The minimum Gasteiger partial charge on any atom is -0.331 e. The lowest BCUT2D eigenvalue weighted by Crippen LogP contribution is -2.29. The van der Waals surface area contributed by atoms with Crippen molar-refractivity contribution in [2.24, 2.45) is 0 Å². The van der Waals surface area contributed by atoms with Crippen LogP contribution in [0.4, 0.5) is 10.5 Å². The van der Waals surface area contributed by atoms with Crippen molar-refractivity contribution in [2.75, 3.05) is 5.32 Å². The number of aromatic nitrogens is 2. The molecular formula is C21H22N4O. The number of imidazole rings is 1. The number of hydrogen-bond acceptors (Lipinski definition) is 2. The average Bonchev–Trinajstić information content (AvgIpc) is 3.06. The third-order valence-corrected chi connectivity index (χ3v) is 4.66. The zero-order chi connectivity index (χ0) is 17.8. The van der Waals surface area contributed by atoms with E-state index in [-0.39, 0.29) is 6.03 Å². The van der Waals surface area contributed by atoms with Crippen molar-refractivity contribution >= 4 is 11.7 Å². The van der Waals surface area contributed by atoms with E-state index in [0.717, 1.165) is 30.0 Å². The Balaban J connectivity index is 1.54. The van der Waals surface area contributed by atoms with Gasteiger partial charge in [0.05, 0.1) is 12.2 Å². The van der Waals surface area contributed by atoms with E-state index >= 15 is 0 Å². The largest absolute Gasteiger partial charge is 0.331 e. The first-order chi connectivity index (χ1) is 12.8. The Bertz CT molecular complexity index is 887. The number of nitrogens with zero attached hydrogens (tertiary/aromatic N) is 2. The molecule has 1 aliphatic rings. The molecule has 0 saturated carbocycles. The molecule has 2 aromatic carbocycles. The number of para-hydroxylation sites is 2. The Morgan fingerprint density at radius 3 is 2.42 bits per heavy atom. The van der Waals surface area contributed by atoms with Crippen LogP contribution in [0.1, 0.15) is 30.1 Å². The second kappa shape index (κ2) is 7.44. The van der Waals surface area contributed by atoms with Crippen LogP contribution in [-0.4, -0.2) is 15.6 Å². The first-order valence-corrected chi connectivity index (χ1v) is 9.06. The summed E-state index contributed by atoms with van der Waals surface area (Å²) in [5.41, 5.74) is 4.32. The van der Waals surface area contributed by atoms with Gasteiger partial charge < -0.3 is 10.6 Å². The second-order valence-corrected chi connectivity index (χ2v) is 6.47. The van der Waals surface area contributed by atoms with Crippen LogP contribution >= 0.6 is 0 Å². The summed E-state index contributed by atoms with van der Waals surface area (Å²) in [5.74, 6) is 0.881. The second-order valence-electron chi connectivity index (χ2n) is 6.47. The Morgan fingerprint density at radius 1 is 0.962 bits per heavy atom. The van der Waals surface area contributed by atoms with Gasteiger partial charge in [-0.15, -0.1) is 0 Å². The van der Waals surface area contributed by atoms with Crippen molar-refractivity contribution in [1.82, 2.24) is 14.9 Å². The number of nitrogens with one attached hydrogen (secondary N) is 2. The molecule has 1 aromatic heterocycles. The van der Waals surface area contributed by atoms with E-state index < -0.39 is 0 Å². The normalized spacial score (nSPS) is 13.1. The Labute approximate surface area is 153 Å². The standard InChI is InChI=1S/C21H22N4O/c26-21(23-16-9-3-1-4-10-16)22-15-20-24-18-13-7-8-14-19(18)25(20)17-11-5-2-6-12-17/h1-6,9-12H,7-8,13-15H2,(H2,22,23,26). The number of anilines is 1. The fourth-order valence-electron chi connectivity index (χ4n) is 3.45. The molecule has 4 rings (SSSR count). The topological polar surface area (TPSA) is 59.0 Å². The lowest BCUT2D eigenvalue weighted by atomic mass is 10.0. The molecular weight excluding hydrogens is 324 g/mol. The Kier molecular flexibility index (Phi) is 4.69. The number of benzene rings is 2. The summed E-state index contributed by atoms with van der Waals surface area (Å²) in [6.45, 7) is 0.389. The number of urea groups is 1. The van der Waals surface area contributed by atoms with Gasteiger partial charge in [0.15, 0.2) is 0 Å². The van der Waals surface area contributed by atoms with E-state index in [2.05, 4.69) is 27.3 Å². The molecule has 0 radical (unpaired) electrons. The van der Waals surface area contributed by atoms with Gasteiger partial charge in [-0.2, -0.15) is 0 Å². The van der Waals surface area contributed by atoms with E-state index in [1.165, 1.54) is 24.2 Å². The van der Waals surface area contributed by atoms with E-state index in [1.807, 2.05) is 48.5 Å². The molecule has 0 aliphatic heterocycles. The SMILES string of the molecule is O=C(NCc1nc2c(n1-c1ccccc1)CCCC2)Nc1ccccc1. The molecule has 2 amide bonds. The predicted octanol–water partition coefficient (Wildman–Crippen LogP) is 4.07. The molecule has 1 heterocycles. The van der Waals surface area contributed by atoms with Crippen molar-refractivity contribution in [3.8, 4) is 5.69 Å². The van der Waals surface area contributed by atoms with E-state index in [1.54, 1.807) is 0 Å². The van der Waals surface area contributed by atoms with Gasteiger partial charge in [0, 0.05) is 17.1 Å². The minimum atomic E-state index is -0.225. The number of carbonyl (C=O) groups excluding carboxylic acids is 1. The third kappa shape index (κ3) is 3.47. The molecule has 5 heteroatoms. The highest BCUT2D eigenvalue weighted by Gasteiger charge is 2.21. The number of rotatable bonds is 4. The monoisotopic (exact) mass is 346 g/mol. The molecule has 3 aromatic rings. The predicted molar refractivity (Wildman–Crippen MR) is 103 cm³/mol. The summed E-state index contributed by atoms with van der Waals surface area (Å²) < 4.78 is 2.21. The molecule has 26 heavy (non-hydrogen) atoms. The molecule has 132 valence electrons. The van der Waals surface area contributed by atoms with Crippen LogP contribution in [0.25, 0.3) is 5.69 Å². The zero-order valence-electron chi connectivity index (χ0n) is 14.6. The highest BCUT2D eigenvalue weighted by molar-refractivity contribution is 5.89. The molecule has 0 saturated heterocycles. The molecule has 0 spiro atoms. The first-order valence-electron chi connectivity index (χ1n) is 9.06. The molecule has 0 fully saturated rings. The number of amides is 2. The Morgan fingerprint density at radius 2 is 1.65 bits per heavy atom. The van der Waals surface area contributed by atoms with Gasteiger partial charge in [-0.3, -0.25) is 4.57 Å². The van der Waals surface area contributed by atoms with E-state index in [0.29, 0.717) is 6.54 Å². The zero-order valence-corrected chi connectivity index (χ0v) is 14.6. The van der Waals surface area contributed by atoms with Crippen LogP contribution in [0.5, 0.6) is 0 Å². The maximum atomic E-state index is 12.2. The van der Waals surface area contributed by atoms with Gasteiger partial charge in [-0.25, -0.2) is 9.78 Å². The highest BCUT2D eigenvalue weighted by Crippen LogP contribution is 2.25. The lowest BCUT2D eigenvalue weighted by molar-refractivity contribution is 0.251. The fourth-order valence-corrected chi connectivity index (χ4v) is 3.45. The smallest absolute Gasteiger partial charge is 0.319 e. The van der Waals surface area contributed by atoms with Gasteiger partial charge in [0.25, 0.3) is 0 Å². The number of aryl methyl sites for hydroxylation is 1.